The normalized spacial score (nSPS) is 15.1. The molecule has 1 fully saturated rings. The van der Waals surface area contributed by atoms with Crippen molar-refractivity contribution in [2.75, 3.05) is 33.3 Å². The third kappa shape index (κ3) is 10.0. The first-order valence-corrected chi connectivity index (χ1v) is 16.7. The summed E-state index contributed by atoms with van der Waals surface area (Å²) in [6.07, 6.45) is 1.47. The van der Waals surface area contributed by atoms with E-state index in [1.165, 1.54) is 0 Å². The van der Waals surface area contributed by atoms with Gasteiger partial charge in [-0.1, -0.05) is 37.6 Å². The van der Waals surface area contributed by atoms with Crippen molar-refractivity contribution in [3.63, 3.8) is 0 Å². The standard InChI is InChI=1S/C36H50N6O6/c1-9-10-29(33(44)47-35(2,3)4)30(31-37-38-39-42(31)24-26-13-17-28(46-8)18-14-26)23-25-11-15-27(16-12-25)32(43)40-19-21-41(22-20-40)34(45)48-36(5,6)7/h11-18,29-30H,9-10,19-24H2,1-8H3/t29-,30-/m0/s1. The number of aromatic nitrogens is 4. The molecule has 260 valence electrons. The number of hydrogen-bond acceptors (Lipinski definition) is 9. The number of amides is 2. The number of tetrazole rings is 1. The van der Waals surface area contributed by atoms with Crippen LogP contribution in [0.3, 0.4) is 0 Å². The summed E-state index contributed by atoms with van der Waals surface area (Å²) in [5.74, 6) is 0.103. The number of hydrogen-bond donors (Lipinski definition) is 0. The number of piperazine rings is 1. The van der Waals surface area contributed by atoms with Crippen LogP contribution >= 0.6 is 0 Å². The Labute approximate surface area is 283 Å². The minimum atomic E-state index is -0.650. The molecule has 0 bridgehead atoms. The van der Waals surface area contributed by atoms with E-state index in [4.69, 9.17) is 14.2 Å². The van der Waals surface area contributed by atoms with E-state index in [0.29, 0.717) is 57.0 Å². The fourth-order valence-corrected chi connectivity index (χ4v) is 5.72. The molecule has 4 rings (SSSR count). The second-order valence-electron chi connectivity index (χ2n) is 14.2. The zero-order valence-corrected chi connectivity index (χ0v) is 29.6. The van der Waals surface area contributed by atoms with Gasteiger partial charge in [0.1, 0.15) is 17.0 Å². The topological polar surface area (TPSA) is 129 Å². The Balaban J connectivity index is 1.54. The van der Waals surface area contributed by atoms with Gasteiger partial charge >= 0.3 is 12.1 Å². The number of ether oxygens (including phenoxy) is 3. The fraction of sp³-hybridized carbons (Fsp3) is 0.556. The monoisotopic (exact) mass is 662 g/mol. The summed E-state index contributed by atoms with van der Waals surface area (Å²) in [6, 6.07) is 15.2. The number of rotatable bonds is 11. The lowest BCUT2D eigenvalue weighted by molar-refractivity contribution is -0.161. The largest absolute Gasteiger partial charge is 0.497 e. The van der Waals surface area contributed by atoms with Gasteiger partial charge in [0.15, 0.2) is 5.82 Å². The first-order valence-electron chi connectivity index (χ1n) is 16.7. The van der Waals surface area contributed by atoms with E-state index >= 15 is 0 Å². The molecule has 48 heavy (non-hydrogen) atoms. The van der Waals surface area contributed by atoms with Crippen molar-refractivity contribution in [1.82, 2.24) is 30.0 Å². The molecule has 0 saturated carbocycles. The van der Waals surface area contributed by atoms with Gasteiger partial charge in [-0.2, -0.15) is 0 Å². The maximum atomic E-state index is 13.7. The highest BCUT2D eigenvalue weighted by Crippen LogP contribution is 2.33. The summed E-state index contributed by atoms with van der Waals surface area (Å²) in [5.41, 5.74) is 1.26. The highest BCUT2D eigenvalue weighted by Gasteiger charge is 2.36. The van der Waals surface area contributed by atoms with Crippen LogP contribution in [-0.4, -0.2) is 92.5 Å². The van der Waals surface area contributed by atoms with Gasteiger partial charge in [-0.05, 0) is 100 Å². The summed E-state index contributed by atoms with van der Waals surface area (Å²) >= 11 is 0. The lowest BCUT2D eigenvalue weighted by Gasteiger charge is -2.35. The van der Waals surface area contributed by atoms with Crippen LogP contribution < -0.4 is 4.74 Å². The van der Waals surface area contributed by atoms with E-state index in [1.807, 2.05) is 97.0 Å². The van der Waals surface area contributed by atoms with Crippen molar-refractivity contribution in [3.05, 3.63) is 71.0 Å². The number of carbonyl (C=O) groups is 3. The zero-order valence-electron chi connectivity index (χ0n) is 29.6. The van der Waals surface area contributed by atoms with E-state index < -0.39 is 17.1 Å². The zero-order chi connectivity index (χ0) is 35.1. The van der Waals surface area contributed by atoms with Gasteiger partial charge in [-0.25, -0.2) is 9.48 Å². The third-order valence-corrected chi connectivity index (χ3v) is 8.05. The van der Waals surface area contributed by atoms with E-state index in [1.54, 1.807) is 21.6 Å². The molecule has 3 aromatic rings. The van der Waals surface area contributed by atoms with Gasteiger partial charge in [0.25, 0.3) is 5.91 Å². The smallest absolute Gasteiger partial charge is 0.410 e. The Morgan fingerprint density at radius 1 is 0.812 bits per heavy atom. The summed E-state index contributed by atoms with van der Waals surface area (Å²) < 4.78 is 18.4. The second-order valence-corrected chi connectivity index (χ2v) is 14.2. The summed E-state index contributed by atoms with van der Waals surface area (Å²) in [5, 5.41) is 12.8. The molecule has 0 spiro atoms. The fourth-order valence-electron chi connectivity index (χ4n) is 5.72. The molecule has 12 nitrogen and oxygen atoms in total. The summed E-state index contributed by atoms with van der Waals surface area (Å²) in [7, 11) is 1.63. The molecule has 0 unspecified atom stereocenters. The van der Waals surface area contributed by atoms with Gasteiger partial charge in [-0.3, -0.25) is 9.59 Å². The molecule has 2 heterocycles. The molecule has 2 atom stereocenters. The van der Waals surface area contributed by atoms with Crippen molar-refractivity contribution in [1.29, 1.82) is 0 Å². The maximum absolute atomic E-state index is 13.7. The van der Waals surface area contributed by atoms with Crippen LogP contribution in [0.15, 0.2) is 48.5 Å². The summed E-state index contributed by atoms with van der Waals surface area (Å²) in [6.45, 7) is 15.2. The Morgan fingerprint density at radius 3 is 1.96 bits per heavy atom. The van der Waals surface area contributed by atoms with Crippen molar-refractivity contribution < 1.29 is 28.6 Å². The first-order chi connectivity index (χ1) is 22.7. The van der Waals surface area contributed by atoms with Crippen LogP contribution in [0.25, 0.3) is 0 Å². The predicted octanol–water partition coefficient (Wildman–Crippen LogP) is 5.51. The Kier molecular flexibility index (Phi) is 11.8. The highest BCUT2D eigenvalue weighted by molar-refractivity contribution is 5.94. The van der Waals surface area contributed by atoms with Crippen LogP contribution in [0.5, 0.6) is 5.75 Å². The van der Waals surface area contributed by atoms with Crippen LogP contribution in [0.2, 0.25) is 0 Å². The van der Waals surface area contributed by atoms with Crippen molar-refractivity contribution >= 4 is 18.0 Å². The molecule has 2 aromatic carbocycles. The SMILES string of the molecule is CCC[C@H](C(=O)OC(C)(C)C)[C@H](Cc1ccc(C(=O)N2CCN(C(=O)OC(C)(C)C)CC2)cc1)c1nnnn1Cc1ccc(OC)cc1. The predicted molar refractivity (Wildman–Crippen MR) is 181 cm³/mol. The van der Waals surface area contributed by atoms with E-state index in [0.717, 1.165) is 23.3 Å². The Morgan fingerprint density at radius 2 is 1.40 bits per heavy atom. The number of nitrogens with zero attached hydrogens (tertiary/aromatic N) is 6. The molecule has 12 heteroatoms. The van der Waals surface area contributed by atoms with Gasteiger partial charge in [-0.15, -0.1) is 5.10 Å². The maximum Gasteiger partial charge on any atom is 0.410 e. The van der Waals surface area contributed by atoms with Crippen LogP contribution in [-0.2, 0) is 27.2 Å². The molecule has 2 amide bonds. The average molecular weight is 663 g/mol. The summed E-state index contributed by atoms with van der Waals surface area (Å²) in [4.78, 5) is 42.9. The number of esters is 1. The first kappa shape index (κ1) is 36.4. The minimum absolute atomic E-state index is 0.0945. The van der Waals surface area contributed by atoms with Gasteiger partial charge in [0, 0.05) is 37.7 Å². The van der Waals surface area contributed by atoms with Crippen molar-refractivity contribution in [2.45, 2.75) is 91.4 Å². The number of methoxy groups -OCH3 is 1. The molecule has 0 aliphatic carbocycles. The number of carbonyl (C=O) groups excluding carboxylic acids is 3. The van der Waals surface area contributed by atoms with Gasteiger partial charge in [0.05, 0.1) is 19.6 Å². The average Bonchev–Trinajstić information content (AvgIpc) is 3.49. The molecule has 1 aromatic heterocycles. The molecule has 0 N–H and O–H groups in total. The van der Waals surface area contributed by atoms with Gasteiger partial charge in [0.2, 0.25) is 0 Å². The molecule has 1 saturated heterocycles. The third-order valence-electron chi connectivity index (χ3n) is 8.05. The lowest BCUT2D eigenvalue weighted by atomic mass is 9.83. The van der Waals surface area contributed by atoms with Gasteiger partial charge < -0.3 is 24.0 Å². The molecular formula is C36H50N6O6. The van der Waals surface area contributed by atoms with Crippen LogP contribution in [0, 0.1) is 5.92 Å². The quantitative estimate of drug-likeness (QED) is 0.244. The van der Waals surface area contributed by atoms with Crippen molar-refractivity contribution in [2.24, 2.45) is 5.92 Å². The van der Waals surface area contributed by atoms with Crippen LogP contribution in [0.4, 0.5) is 4.79 Å². The highest BCUT2D eigenvalue weighted by atomic mass is 16.6. The van der Waals surface area contributed by atoms with E-state index in [2.05, 4.69) is 15.5 Å². The molecular weight excluding hydrogens is 612 g/mol. The minimum Gasteiger partial charge on any atom is -0.497 e. The Bertz CT molecular complexity index is 1520. The van der Waals surface area contributed by atoms with Crippen molar-refractivity contribution in [3.8, 4) is 5.75 Å². The molecule has 1 aliphatic heterocycles. The van der Waals surface area contributed by atoms with E-state index in [9.17, 15) is 14.4 Å². The number of benzene rings is 2. The molecule has 1 aliphatic rings. The molecule has 0 radical (unpaired) electrons. The van der Waals surface area contributed by atoms with Crippen LogP contribution in [0.1, 0.15) is 94.5 Å². The second kappa shape index (κ2) is 15.6. The van der Waals surface area contributed by atoms with E-state index in [-0.39, 0.29) is 23.9 Å². The Hall–Kier alpha value is -4.48. The lowest BCUT2D eigenvalue weighted by Crippen LogP contribution is -2.51.